The molecule has 17 heavy (non-hydrogen) atoms. The molecule has 0 saturated carbocycles. The van der Waals surface area contributed by atoms with Gasteiger partial charge in [-0.25, -0.2) is 0 Å². The summed E-state index contributed by atoms with van der Waals surface area (Å²) in [6.45, 7) is 7.21. The number of halogens is 1. The summed E-state index contributed by atoms with van der Waals surface area (Å²) in [5.74, 6) is -0.193. The largest absolute Gasteiger partial charge is 0.480 e. The fourth-order valence-corrected chi connectivity index (χ4v) is 2.39. The third-order valence-corrected chi connectivity index (χ3v) is 3.22. The molecule has 102 valence electrons. The molecule has 0 amide bonds. The number of carboxylic acids is 1. The molecule has 2 unspecified atom stereocenters. The summed E-state index contributed by atoms with van der Waals surface area (Å²) in [6, 6.07) is -0.315. The van der Waals surface area contributed by atoms with Gasteiger partial charge in [-0.3, -0.25) is 9.69 Å². The Morgan fingerprint density at radius 1 is 1.53 bits per heavy atom. The van der Waals surface area contributed by atoms with E-state index in [1.165, 1.54) is 0 Å². The fraction of sp³-hybridized carbons (Fsp3) is 0.917. The minimum Gasteiger partial charge on any atom is -0.480 e. The lowest BCUT2D eigenvalue weighted by molar-refractivity contribution is -0.144. The van der Waals surface area contributed by atoms with Crippen molar-refractivity contribution in [2.75, 3.05) is 26.3 Å². The van der Waals surface area contributed by atoms with Crippen LogP contribution in [0.2, 0.25) is 0 Å². The molecule has 2 atom stereocenters. The molecule has 0 aromatic rings. The maximum absolute atomic E-state index is 11.1. The van der Waals surface area contributed by atoms with Gasteiger partial charge in [0.25, 0.3) is 0 Å². The number of carbonyl (C=O) groups is 1. The first-order chi connectivity index (χ1) is 7.69. The number of aliphatic carboxylic acids is 1. The number of carboxylic acid groups (broad SMARTS) is 1. The second-order valence-electron chi connectivity index (χ2n) is 4.42. The van der Waals surface area contributed by atoms with Gasteiger partial charge in [0, 0.05) is 13.2 Å². The maximum atomic E-state index is 11.1. The zero-order chi connectivity index (χ0) is 12.0. The Labute approximate surface area is 110 Å². The van der Waals surface area contributed by atoms with Gasteiger partial charge < -0.3 is 9.84 Å². The first-order valence-corrected chi connectivity index (χ1v) is 6.23. The van der Waals surface area contributed by atoms with E-state index in [0.717, 1.165) is 39.1 Å². The average molecular weight is 266 g/mol. The number of likely N-dealkylation sites (tertiary alicyclic amines) is 1. The van der Waals surface area contributed by atoms with Crippen molar-refractivity contribution >= 4 is 18.4 Å². The van der Waals surface area contributed by atoms with Crippen molar-refractivity contribution in [1.82, 2.24) is 4.90 Å². The molecule has 1 aliphatic heterocycles. The van der Waals surface area contributed by atoms with Crippen molar-refractivity contribution in [3.05, 3.63) is 0 Å². The van der Waals surface area contributed by atoms with Gasteiger partial charge in [0.05, 0.1) is 6.61 Å². The molecule has 1 N–H and O–H groups in total. The van der Waals surface area contributed by atoms with Crippen LogP contribution >= 0.6 is 12.4 Å². The van der Waals surface area contributed by atoms with Crippen molar-refractivity contribution in [3.63, 3.8) is 0 Å². The van der Waals surface area contributed by atoms with E-state index in [9.17, 15) is 4.79 Å². The number of hydrogen-bond acceptors (Lipinski definition) is 3. The molecule has 4 nitrogen and oxygen atoms in total. The molecule has 0 aromatic carbocycles. The van der Waals surface area contributed by atoms with Crippen LogP contribution in [-0.2, 0) is 9.53 Å². The predicted octanol–water partition coefficient (Wildman–Crippen LogP) is 2.02. The highest BCUT2D eigenvalue weighted by Crippen LogP contribution is 2.20. The molecule has 1 aliphatic rings. The molecule has 1 fully saturated rings. The van der Waals surface area contributed by atoms with Crippen molar-refractivity contribution in [3.8, 4) is 0 Å². The molecule has 0 aromatic heterocycles. The van der Waals surface area contributed by atoms with E-state index < -0.39 is 5.97 Å². The summed E-state index contributed by atoms with van der Waals surface area (Å²) < 4.78 is 5.42. The van der Waals surface area contributed by atoms with Gasteiger partial charge in [-0.1, -0.05) is 6.92 Å². The fourth-order valence-electron chi connectivity index (χ4n) is 2.39. The van der Waals surface area contributed by atoms with Gasteiger partial charge in [0.2, 0.25) is 0 Å². The minimum absolute atomic E-state index is 0. The van der Waals surface area contributed by atoms with E-state index in [0.29, 0.717) is 12.3 Å². The molecule has 0 spiro atoms. The van der Waals surface area contributed by atoms with Crippen LogP contribution in [0.15, 0.2) is 0 Å². The predicted molar refractivity (Wildman–Crippen MR) is 69.8 cm³/mol. The number of piperidine rings is 1. The van der Waals surface area contributed by atoms with Crippen LogP contribution in [0, 0.1) is 5.92 Å². The Morgan fingerprint density at radius 3 is 2.76 bits per heavy atom. The van der Waals surface area contributed by atoms with E-state index in [1.54, 1.807) is 0 Å². The molecule has 1 rings (SSSR count). The van der Waals surface area contributed by atoms with E-state index in [-0.39, 0.29) is 18.4 Å². The van der Waals surface area contributed by atoms with Gasteiger partial charge >= 0.3 is 5.97 Å². The van der Waals surface area contributed by atoms with Crippen LogP contribution < -0.4 is 0 Å². The highest BCUT2D eigenvalue weighted by Gasteiger charge is 2.28. The molecule has 5 heteroatoms. The van der Waals surface area contributed by atoms with Crippen LogP contribution in [0.4, 0.5) is 0 Å². The number of ether oxygens (including phenoxy) is 1. The molecule has 0 radical (unpaired) electrons. The lowest BCUT2D eigenvalue weighted by Gasteiger charge is -2.35. The number of rotatable bonds is 6. The first-order valence-electron chi connectivity index (χ1n) is 6.23. The summed E-state index contributed by atoms with van der Waals surface area (Å²) in [6.07, 6.45) is 2.92. The van der Waals surface area contributed by atoms with Crippen LogP contribution in [-0.4, -0.2) is 48.3 Å². The quantitative estimate of drug-likeness (QED) is 0.798. The second-order valence-corrected chi connectivity index (χ2v) is 4.42. The van der Waals surface area contributed by atoms with Gasteiger partial charge in [-0.2, -0.15) is 0 Å². The number of nitrogens with zero attached hydrogens (tertiary/aromatic N) is 1. The monoisotopic (exact) mass is 265 g/mol. The van der Waals surface area contributed by atoms with Crippen molar-refractivity contribution in [1.29, 1.82) is 0 Å². The summed E-state index contributed by atoms with van der Waals surface area (Å²) >= 11 is 0. The van der Waals surface area contributed by atoms with E-state index in [4.69, 9.17) is 9.84 Å². The van der Waals surface area contributed by atoms with E-state index in [2.05, 4.69) is 4.90 Å². The Bertz CT molecular complexity index is 226. The van der Waals surface area contributed by atoms with Gasteiger partial charge in [-0.05, 0) is 38.6 Å². The van der Waals surface area contributed by atoms with Crippen LogP contribution in [0.25, 0.3) is 0 Å². The Morgan fingerprint density at radius 2 is 2.24 bits per heavy atom. The molecular formula is C12H24ClNO3. The van der Waals surface area contributed by atoms with Crippen LogP contribution in [0.3, 0.4) is 0 Å². The maximum Gasteiger partial charge on any atom is 0.320 e. The van der Waals surface area contributed by atoms with Crippen molar-refractivity contribution in [2.45, 2.75) is 39.2 Å². The number of hydrogen-bond donors (Lipinski definition) is 1. The molecule has 1 saturated heterocycles. The standard InChI is InChI=1S/C12H23NO3.ClH/c1-3-11(12(14)15)13-7-5-6-10(8-13)9-16-4-2;/h10-11H,3-9H2,1-2H3,(H,14,15);1H. The SMILES string of the molecule is CCOCC1CCCN(C(CC)C(=O)O)C1.Cl. The van der Waals surface area contributed by atoms with E-state index >= 15 is 0 Å². The highest BCUT2D eigenvalue weighted by atomic mass is 35.5. The topological polar surface area (TPSA) is 49.8 Å². The third-order valence-electron chi connectivity index (χ3n) is 3.22. The molecule has 1 heterocycles. The lowest BCUT2D eigenvalue weighted by atomic mass is 9.97. The summed E-state index contributed by atoms with van der Waals surface area (Å²) in [5.41, 5.74) is 0. The molecular weight excluding hydrogens is 242 g/mol. The lowest BCUT2D eigenvalue weighted by Crippen LogP contribution is -2.47. The van der Waals surface area contributed by atoms with Crippen molar-refractivity contribution in [2.24, 2.45) is 5.92 Å². The molecule has 0 aliphatic carbocycles. The Hall–Kier alpha value is -0.320. The Kier molecular flexibility index (Phi) is 8.56. The summed E-state index contributed by atoms with van der Waals surface area (Å²) in [4.78, 5) is 13.2. The van der Waals surface area contributed by atoms with Gasteiger partial charge in [0.1, 0.15) is 6.04 Å². The Balaban J connectivity index is 0.00000256. The van der Waals surface area contributed by atoms with Gasteiger partial charge in [-0.15, -0.1) is 12.4 Å². The van der Waals surface area contributed by atoms with Gasteiger partial charge in [0.15, 0.2) is 0 Å². The van der Waals surface area contributed by atoms with Crippen LogP contribution in [0.1, 0.15) is 33.1 Å². The van der Waals surface area contributed by atoms with E-state index in [1.807, 2.05) is 13.8 Å². The summed E-state index contributed by atoms with van der Waals surface area (Å²) in [7, 11) is 0. The normalized spacial score (nSPS) is 22.8. The third kappa shape index (κ3) is 5.23. The van der Waals surface area contributed by atoms with Crippen LogP contribution in [0.5, 0.6) is 0 Å². The smallest absolute Gasteiger partial charge is 0.320 e. The zero-order valence-corrected chi connectivity index (χ0v) is 11.5. The minimum atomic E-state index is -0.695. The average Bonchev–Trinajstić information content (AvgIpc) is 2.27. The molecule has 0 bridgehead atoms. The zero-order valence-electron chi connectivity index (χ0n) is 10.7. The first kappa shape index (κ1) is 16.7. The summed E-state index contributed by atoms with van der Waals surface area (Å²) in [5, 5.41) is 9.11. The van der Waals surface area contributed by atoms with Crippen molar-refractivity contribution < 1.29 is 14.6 Å². The second kappa shape index (κ2) is 8.72. The highest BCUT2D eigenvalue weighted by molar-refractivity contribution is 5.85.